The lowest BCUT2D eigenvalue weighted by atomic mass is 10.2. The van der Waals surface area contributed by atoms with Crippen molar-refractivity contribution in [2.45, 2.75) is 38.7 Å². The Morgan fingerprint density at radius 1 is 1.33 bits per heavy atom. The number of hydrogen-bond acceptors (Lipinski definition) is 3. The first kappa shape index (κ1) is 12.9. The maximum atomic E-state index is 12.2. The van der Waals surface area contributed by atoms with Crippen molar-refractivity contribution in [2.75, 3.05) is 13.1 Å². The van der Waals surface area contributed by atoms with Gasteiger partial charge < -0.3 is 9.64 Å². The average Bonchev–Trinajstić information content (AvgIpc) is 2.62. The molecule has 5 heteroatoms. The third-order valence-electron chi connectivity index (χ3n) is 3.26. The molecule has 2 rings (SSSR count). The number of rotatable bonds is 3. The monoisotopic (exact) mass is 251 g/mol. The van der Waals surface area contributed by atoms with Crippen molar-refractivity contribution in [3.8, 4) is 5.75 Å². The summed E-state index contributed by atoms with van der Waals surface area (Å²) < 4.78 is 7.28. The summed E-state index contributed by atoms with van der Waals surface area (Å²) in [5.74, 6) is 0.730. The predicted octanol–water partition coefficient (Wildman–Crippen LogP) is 1.59. The molecule has 0 radical (unpaired) electrons. The second kappa shape index (κ2) is 5.89. The Hall–Kier alpha value is -1.52. The fraction of sp³-hybridized carbons (Fsp3) is 0.692. The molecular weight excluding hydrogens is 230 g/mol. The van der Waals surface area contributed by atoms with Crippen molar-refractivity contribution >= 4 is 5.91 Å². The fourth-order valence-electron chi connectivity index (χ4n) is 2.26. The molecule has 1 atom stereocenters. The highest BCUT2D eigenvalue weighted by Crippen LogP contribution is 2.14. The minimum atomic E-state index is -0.438. The molecule has 0 bridgehead atoms. The van der Waals surface area contributed by atoms with Gasteiger partial charge in [0.1, 0.15) is 0 Å². The van der Waals surface area contributed by atoms with E-state index in [0.717, 1.165) is 25.9 Å². The third-order valence-corrected chi connectivity index (χ3v) is 3.26. The quantitative estimate of drug-likeness (QED) is 0.819. The van der Waals surface area contributed by atoms with Gasteiger partial charge in [-0.05, 0) is 19.8 Å². The number of amides is 1. The largest absolute Gasteiger partial charge is 0.478 e. The van der Waals surface area contributed by atoms with Crippen LogP contribution in [0.3, 0.4) is 0 Å². The van der Waals surface area contributed by atoms with E-state index in [0.29, 0.717) is 5.75 Å². The molecule has 1 aliphatic rings. The smallest absolute Gasteiger partial charge is 0.263 e. The molecule has 0 spiro atoms. The van der Waals surface area contributed by atoms with Gasteiger partial charge >= 0.3 is 0 Å². The van der Waals surface area contributed by atoms with Crippen LogP contribution in [0.5, 0.6) is 5.75 Å². The Morgan fingerprint density at radius 2 is 2.00 bits per heavy atom. The Labute approximate surface area is 108 Å². The molecule has 1 aromatic heterocycles. The second-order valence-electron chi connectivity index (χ2n) is 4.85. The summed E-state index contributed by atoms with van der Waals surface area (Å²) >= 11 is 0. The van der Waals surface area contributed by atoms with E-state index >= 15 is 0 Å². The van der Waals surface area contributed by atoms with E-state index in [4.69, 9.17) is 4.74 Å². The van der Waals surface area contributed by atoms with Crippen LogP contribution < -0.4 is 4.74 Å². The van der Waals surface area contributed by atoms with Gasteiger partial charge in [-0.1, -0.05) is 12.8 Å². The number of ether oxygens (including phenoxy) is 1. The van der Waals surface area contributed by atoms with E-state index in [-0.39, 0.29) is 5.91 Å². The number of hydrogen-bond donors (Lipinski definition) is 0. The van der Waals surface area contributed by atoms with Gasteiger partial charge in [-0.25, -0.2) is 0 Å². The summed E-state index contributed by atoms with van der Waals surface area (Å²) in [5.41, 5.74) is 0. The lowest BCUT2D eigenvalue weighted by molar-refractivity contribution is -0.137. The molecule has 2 heterocycles. The molecule has 1 saturated heterocycles. The van der Waals surface area contributed by atoms with Crippen LogP contribution in [0.1, 0.15) is 32.6 Å². The van der Waals surface area contributed by atoms with Crippen LogP contribution in [0.4, 0.5) is 0 Å². The highest BCUT2D eigenvalue weighted by atomic mass is 16.5. The number of nitrogens with zero attached hydrogens (tertiary/aromatic N) is 3. The van der Waals surface area contributed by atoms with Crippen molar-refractivity contribution < 1.29 is 9.53 Å². The second-order valence-corrected chi connectivity index (χ2v) is 4.85. The van der Waals surface area contributed by atoms with E-state index in [9.17, 15) is 4.79 Å². The van der Waals surface area contributed by atoms with Crippen LogP contribution >= 0.6 is 0 Å². The summed E-state index contributed by atoms with van der Waals surface area (Å²) in [5, 5.41) is 4.02. The Kier molecular flexibility index (Phi) is 4.23. The summed E-state index contributed by atoms with van der Waals surface area (Å²) in [4.78, 5) is 14.2. The Balaban J connectivity index is 1.91. The molecule has 0 aliphatic carbocycles. The summed E-state index contributed by atoms with van der Waals surface area (Å²) in [6.45, 7) is 3.53. The number of carbonyl (C=O) groups excluding carboxylic acids is 1. The number of aryl methyl sites for hydroxylation is 1. The van der Waals surface area contributed by atoms with Crippen molar-refractivity contribution in [3.05, 3.63) is 12.4 Å². The van der Waals surface area contributed by atoms with Crippen LogP contribution in [0.15, 0.2) is 12.4 Å². The van der Waals surface area contributed by atoms with Gasteiger partial charge in [-0.2, -0.15) is 5.10 Å². The van der Waals surface area contributed by atoms with Crippen molar-refractivity contribution in [1.82, 2.24) is 14.7 Å². The molecule has 18 heavy (non-hydrogen) atoms. The van der Waals surface area contributed by atoms with Gasteiger partial charge in [-0.15, -0.1) is 0 Å². The van der Waals surface area contributed by atoms with Gasteiger partial charge in [0.2, 0.25) is 0 Å². The van der Waals surface area contributed by atoms with E-state index in [1.807, 2.05) is 11.9 Å². The van der Waals surface area contributed by atoms with Gasteiger partial charge in [-0.3, -0.25) is 9.48 Å². The first-order chi connectivity index (χ1) is 8.66. The highest BCUT2D eigenvalue weighted by molar-refractivity contribution is 5.80. The van der Waals surface area contributed by atoms with Gasteiger partial charge in [0, 0.05) is 20.1 Å². The number of carbonyl (C=O) groups is 1. The number of likely N-dealkylation sites (tertiary alicyclic amines) is 1. The van der Waals surface area contributed by atoms with Gasteiger partial charge in [0.05, 0.1) is 12.4 Å². The van der Waals surface area contributed by atoms with Crippen LogP contribution in [-0.2, 0) is 11.8 Å². The molecule has 1 unspecified atom stereocenters. The first-order valence-corrected chi connectivity index (χ1v) is 6.61. The van der Waals surface area contributed by atoms with E-state index in [2.05, 4.69) is 5.10 Å². The normalized spacial score (nSPS) is 18.2. The highest BCUT2D eigenvalue weighted by Gasteiger charge is 2.22. The predicted molar refractivity (Wildman–Crippen MR) is 68.3 cm³/mol. The van der Waals surface area contributed by atoms with E-state index in [1.165, 1.54) is 12.8 Å². The minimum Gasteiger partial charge on any atom is -0.478 e. The summed E-state index contributed by atoms with van der Waals surface area (Å²) in [7, 11) is 1.83. The summed E-state index contributed by atoms with van der Waals surface area (Å²) in [6, 6.07) is 0. The zero-order chi connectivity index (χ0) is 13.0. The topological polar surface area (TPSA) is 47.4 Å². The lowest BCUT2D eigenvalue weighted by Gasteiger charge is -2.24. The maximum absolute atomic E-state index is 12.2. The SMILES string of the molecule is CC(Oc1cnn(C)c1)C(=O)N1CCCCCC1. The molecule has 1 aliphatic heterocycles. The molecule has 1 aromatic rings. The molecule has 5 nitrogen and oxygen atoms in total. The van der Waals surface area contributed by atoms with Gasteiger partial charge in [0.15, 0.2) is 11.9 Å². The average molecular weight is 251 g/mol. The van der Waals surface area contributed by atoms with Crippen LogP contribution in [-0.4, -0.2) is 39.8 Å². The first-order valence-electron chi connectivity index (χ1n) is 6.61. The fourth-order valence-corrected chi connectivity index (χ4v) is 2.26. The van der Waals surface area contributed by atoms with Crippen LogP contribution in [0.2, 0.25) is 0 Å². The third kappa shape index (κ3) is 3.24. The summed E-state index contributed by atoms with van der Waals surface area (Å²) in [6.07, 6.45) is 7.62. The maximum Gasteiger partial charge on any atom is 0.263 e. The van der Waals surface area contributed by atoms with Crippen LogP contribution in [0, 0.1) is 0 Å². The van der Waals surface area contributed by atoms with Gasteiger partial charge in [0.25, 0.3) is 5.91 Å². The molecule has 0 N–H and O–H groups in total. The lowest BCUT2D eigenvalue weighted by Crippen LogP contribution is -2.40. The molecule has 1 fully saturated rings. The Bertz CT molecular complexity index is 395. The van der Waals surface area contributed by atoms with E-state index < -0.39 is 6.10 Å². The zero-order valence-corrected chi connectivity index (χ0v) is 11.1. The molecule has 1 amide bonds. The van der Waals surface area contributed by atoms with Crippen LogP contribution in [0.25, 0.3) is 0 Å². The zero-order valence-electron chi connectivity index (χ0n) is 11.1. The van der Waals surface area contributed by atoms with Crippen molar-refractivity contribution in [3.63, 3.8) is 0 Å². The molecule has 0 saturated carbocycles. The minimum absolute atomic E-state index is 0.0840. The molecular formula is C13H21N3O2. The van der Waals surface area contributed by atoms with Crippen molar-refractivity contribution in [2.24, 2.45) is 7.05 Å². The molecule has 100 valence electrons. The van der Waals surface area contributed by atoms with E-state index in [1.54, 1.807) is 24.0 Å². The Morgan fingerprint density at radius 3 is 2.56 bits per heavy atom. The molecule has 0 aromatic carbocycles. The van der Waals surface area contributed by atoms with Crippen molar-refractivity contribution in [1.29, 1.82) is 0 Å². The number of aromatic nitrogens is 2. The standard InChI is InChI=1S/C13H21N3O2/c1-11(18-12-9-14-15(2)10-12)13(17)16-7-5-3-4-6-8-16/h9-11H,3-8H2,1-2H3.